The minimum atomic E-state index is -1.04. The van der Waals surface area contributed by atoms with Gasteiger partial charge in [-0.3, -0.25) is 0 Å². The van der Waals surface area contributed by atoms with E-state index < -0.39 is 5.97 Å². The number of carbonyl (C=O) groups is 1. The molecule has 0 saturated carbocycles. The van der Waals surface area contributed by atoms with E-state index in [1.807, 2.05) is 0 Å². The number of rotatable bonds is 5. The summed E-state index contributed by atoms with van der Waals surface area (Å²) in [6.45, 7) is 0.241. The highest BCUT2D eigenvalue weighted by Crippen LogP contribution is 2.29. The Balaban J connectivity index is 2.16. The molecule has 0 fully saturated rings. The Labute approximate surface area is 135 Å². The molecular weight excluding hydrogens is 360 g/mol. The van der Waals surface area contributed by atoms with Gasteiger partial charge in [-0.1, -0.05) is 17.7 Å². The van der Waals surface area contributed by atoms with Crippen molar-refractivity contribution in [3.8, 4) is 11.5 Å². The predicted octanol–water partition coefficient (Wildman–Crippen LogP) is 4.39. The third-order valence-corrected chi connectivity index (χ3v) is 3.64. The van der Waals surface area contributed by atoms with E-state index in [1.54, 1.807) is 30.3 Å². The first kappa shape index (κ1) is 15.7. The van der Waals surface area contributed by atoms with E-state index >= 15 is 0 Å². The molecule has 4 nitrogen and oxygen atoms in total. The Bertz CT molecular complexity index is 673. The minimum absolute atomic E-state index is 0.105. The van der Waals surface area contributed by atoms with Gasteiger partial charge in [0.05, 0.1) is 11.6 Å². The Kier molecular flexibility index (Phi) is 5.09. The van der Waals surface area contributed by atoms with Crippen molar-refractivity contribution in [2.24, 2.45) is 0 Å². The van der Waals surface area contributed by atoms with E-state index in [0.717, 1.165) is 10.0 Å². The number of benzene rings is 2. The highest BCUT2D eigenvalue weighted by Gasteiger charge is 2.12. The molecule has 0 atom stereocenters. The predicted molar refractivity (Wildman–Crippen MR) is 83.4 cm³/mol. The highest BCUT2D eigenvalue weighted by atomic mass is 79.9. The van der Waals surface area contributed by atoms with Gasteiger partial charge in [0.15, 0.2) is 0 Å². The first-order valence-electron chi connectivity index (χ1n) is 5.99. The van der Waals surface area contributed by atoms with Crippen molar-refractivity contribution in [3.05, 3.63) is 57.0 Å². The molecule has 2 rings (SSSR count). The summed E-state index contributed by atoms with van der Waals surface area (Å²) in [7, 11) is 1.43. The van der Waals surface area contributed by atoms with Crippen LogP contribution in [0.1, 0.15) is 15.9 Å². The molecule has 2 aromatic rings. The van der Waals surface area contributed by atoms with E-state index in [4.69, 9.17) is 26.2 Å². The second kappa shape index (κ2) is 6.83. The Morgan fingerprint density at radius 2 is 1.95 bits per heavy atom. The van der Waals surface area contributed by atoms with Gasteiger partial charge in [0, 0.05) is 5.02 Å². The van der Waals surface area contributed by atoms with Crippen molar-refractivity contribution >= 4 is 33.5 Å². The van der Waals surface area contributed by atoms with E-state index in [0.29, 0.717) is 16.5 Å². The summed E-state index contributed by atoms with van der Waals surface area (Å²) in [5.41, 5.74) is 0.837. The van der Waals surface area contributed by atoms with Gasteiger partial charge < -0.3 is 14.6 Å². The number of carboxylic acid groups (broad SMARTS) is 1. The second-order valence-corrected chi connectivity index (χ2v) is 5.49. The number of ether oxygens (including phenoxy) is 2. The maximum absolute atomic E-state index is 11.2. The summed E-state index contributed by atoms with van der Waals surface area (Å²) < 4.78 is 11.4. The van der Waals surface area contributed by atoms with Crippen molar-refractivity contribution in [1.82, 2.24) is 0 Å². The van der Waals surface area contributed by atoms with Crippen LogP contribution in [0, 0.1) is 0 Å². The number of hydrogen-bond acceptors (Lipinski definition) is 3. The second-order valence-electron chi connectivity index (χ2n) is 4.20. The van der Waals surface area contributed by atoms with Crippen LogP contribution in [0.4, 0.5) is 0 Å². The Morgan fingerprint density at radius 1 is 1.24 bits per heavy atom. The van der Waals surface area contributed by atoms with Crippen LogP contribution in [0.2, 0.25) is 5.02 Å². The highest BCUT2D eigenvalue weighted by molar-refractivity contribution is 9.10. The molecule has 0 aliphatic rings. The normalized spacial score (nSPS) is 10.2. The zero-order valence-corrected chi connectivity index (χ0v) is 13.4. The summed E-state index contributed by atoms with van der Waals surface area (Å²) in [6, 6.07) is 10.1. The largest absolute Gasteiger partial charge is 0.496 e. The topological polar surface area (TPSA) is 55.8 Å². The number of methoxy groups -OCH3 is 1. The Hall–Kier alpha value is -1.72. The number of halogens is 2. The van der Waals surface area contributed by atoms with Crippen LogP contribution in [0.15, 0.2) is 40.9 Å². The SMILES string of the molecule is COc1ccc(COc2ccc(Cl)cc2Br)cc1C(=O)O. The maximum atomic E-state index is 11.2. The molecule has 110 valence electrons. The van der Waals surface area contributed by atoms with Crippen molar-refractivity contribution in [2.75, 3.05) is 7.11 Å². The smallest absolute Gasteiger partial charge is 0.339 e. The monoisotopic (exact) mass is 370 g/mol. The molecule has 0 amide bonds. The molecule has 6 heteroatoms. The van der Waals surface area contributed by atoms with E-state index in [-0.39, 0.29) is 12.2 Å². The van der Waals surface area contributed by atoms with Crippen LogP contribution in [0.5, 0.6) is 11.5 Å². The van der Waals surface area contributed by atoms with Crippen molar-refractivity contribution in [2.45, 2.75) is 6.61 Å². The third-order valence-electron chi connectivity index (χ3n) is 2.78. The molecular formula is C15H12BrClO4. The lowest BCUT2D eigenvalue weighted by atomic mass is 10.1. The molecule has 0 spiro atoms. The van der Waals surface area contributed by atoms with Gasteiger partial charge in [-0.05, 0) is 51.8 Å². The van der Waals surface area contributed by atoms with Gasteiger partial charge in [-0.15, -0.1) is 0 Å². The van der Waals surface area contributed by atoms with E-state index in [1.165, 1.54) is 13.2 Å². The van der Waals surface area contributed by atoms with Crippen LogP contribution in [0.25, 0.3) is 0 Å². The summed E-state index contributed by atoms with van der Waals surface area (Å²) in [6.07, 6.45) is 0. The summed E-state index contributed by atoms with van der Waals surface area (Å²) in [4.78, 5) is 11.2. The number of hydrogen-bond donors (Lipinski definition) is 1. The molecule has 0 aliphatic carbocycles. The molecule has 0 bridgehead atoms. The summed E-state index contributed by atoms with van der Waals surface area (Å²) >= 11 is 9.22. The molecule has 1 N–H and O–H groups in total. The van der Waals surface area contributed by atoms with Crippen molar-refractivity contribution in [3.63, 3.8) is 0 Å². The van der Waals surface area contributed by atoms with E-state index in [2.05, 4.69) is 15.9 Å². The van der Waals surface area contributed by atoms with E-state index in [9.17, 15) is 4.79 Å². The lowest BCUT2D eigenvalue weighted by Crippen LogP contribution is -2.03. The lowest BCUT2D eigenvalue weighted by molar-refractivity contribution is 0.0693. The molecule has 2 aromatic carbocycles. The first-order chi connectivity index (χ1) is 10.0. The average molecular weight is 372 g/mol. The summed E-state index contributed by atoms with van der Waals surface area (Å²) in [5, 5.41) is 9.74. The lowest BCUT2D eigenvalue weighted by Gasteiger charge is -2.10. The van der Waals surface area contributed by atoms with Crippen molar-refractivity contribution in [1.29, 1.82) is 0 Å². The van der Waals surface area contributed by atoms with Gasteiger partial charge in [0.1, 0.15) is 23.7 Å². The van der Waals surface area contributed by atoms with Crippen LogP contribution in [-0.4, -0.2) is 18.2 Å². The van der Waals surface area contributed by atoms with Gasteiger partial charge in [0.25, 0.3) is 0 Å². The number of carboxylic acids is 1. The summed E-state index contributed by atoms with van der Waals surface area (Å²) in [5.74, 6) is -0.0904. The molecule has 0 heterocycles. The van der Waals surface area contributed by atoms with Crippen LogP contribution >= 0.6 is 27.5 Å². The molecule has 0 saturated heterocycles. The fourth-order valence-corrected chi connectivity index (χ4v) is 2.56. The van der Waals surface area contributed by atoms with Crippen LogP contribution < -0.4 is 9.47 Å². The fourth-order valence-electron chi connectivity index (χ4n) is 1.77. The van der Waals surface area contributed by atoms with Gasteiger partial charge in [-0.2, -0.15) is 0 Å². The fraction of sp³-hybridized carbons (Fsp3) is 0.133. The van der Waals surface area contributed by atoms with Crippen LogP contribution in [0.3, 0.4) is 0 Å². The molecule has 0 radical (unpaired) electrons. The quantitative estimate of drug-likeness (QED) is 0.847. The molecule has 0 aliphatic heterocycles. The van der Waals surface area contributed by atoms with Crippen LogP contribution in [-0.2, 0) is 6.61 Å². The standard InChI is InChI=1S/C15H12BrClO4/c1-20-13-4-2-9(6-11(13)15(18)19)8-21-14-5-3-10(17)7-12(14)16/h2-7H,8H2,1H3,(H,18,19). The maximum Gasteiger partial charge on any atom is 0.339 e. The Morgan fingerprint density at radius 3 is 2.57 bits per heavy atom. The van der Waals surface area contributed by atoms with Gasteiger partial charge >= 0.3 is 5.97 Å². The van der Waals surface area contributed by atoms with Crippen molar-refractivity contribution < 1.29 is 19.4 Å². The van der Waals surface area contributed by atoms with Gasteiger partial charge in [-0.25, -0.2) is 4.79 Å². The molecule has 0 aromatic heterocycles. The average Bonchev–Trinajstić information content (AvgIpc) is 2.46. The minimum Gasteiger partial charge on any atom is -0.496 e. The third kappa shape index (κ3) is 3.89. The first-order valence-corrected chi connectivity index (χ1v) is 7.16. The number of aromatic carboxylic acids is 1. The molecule has 0 unspecified atom stereocenters. The van der Waals surface area contributed by atoms with Gasteiger partial charge in [0.2, 0.25) is 0 Å². The zero-order valence-electron chi connectivity index (χ0n) is 11.1. The molecule has 21 heavy (non-hydrogen) atoms. The zero-order chi connectivity index (χ0) is 15.4.